The molecule has 168 valence electrons. The van der Waals surface area contributed by atoms with E-state index in [4.69, 9.17) is 4.74 Å². The number of ether oxygens (including phenoxy) is 1. The number of rotatable bonds is 8. The molecule has 0 bridgehead atoms. The molecule has 0 radical (unpaired) electrons. The predicted octanol–water partition coefficient (Wildman–Crippen LogP) is 4.92. The molecule has 0 saturated heterocycles. The summed E-state index contributed by atoms with van der Waals surface area (Å²) in [5, 5.41) is 2.77. The summed E-state index contributed by atoms with van der Waals surface area (Å²) in [6, 6.07) is 20.6. The second kappa shape index (κ2) is 9.87. The quantitative estimate of drug-likeness (QED) is 0.526. The van der Waals surface area contributed by atoms with Crippen LogP contribution in [0.3, 0.4) is 0 Å². The Morgan fingerprint density at radius 3 is 2.12 bits per heavy atom. The van der Waals surface area contributed by atoms with E-state index in [2.05, 4.69) is 5.32 Å². The predicted molar refractivity (Wildman–Crippen MR) is 128 cm³/mol. The Bertz CT molecular complexity index is 1170. The average Bonchev–Trinajstić information content (AvgIpc) is 2.73. The van der Waals surface area contributed by atoms with Crippen LogP contribution in [0.25, 0.3) is 0 Å². The number of aryl methyl sites for hydroxylation is 2. The molecule has 3 aromatic rings. The van der Waals surface area contributed by atoms with Crippen molar-refractivity contribution >= 4 is 27.3 Å². The SMILES string of the molecule is Cc1ccc(N(CC(=O)Nc2cccc(OC(C)C)c2)S(=O)(=O)c2ccc(C)cc2)cc1. The Morgan fingerprint density at radius 2 is 1.53 bits per heavy atom. The zero-order valence-electron chi connectivity index (χ0n) is 18.7. The molecular formula is C25H28N2O4S. The number of benzene rings is 3. The van der Waals surface area contributed by atoms with Crippen molar-refractivity contribution in [2.45, 2.75) is 38.7 Å². The van der Waals surface area contributed by atoms with Crippen LogP contribution in [0.5, 0.6) is 5.75 Å². The second-order valence-electron chi connectivity index (χ2n) is 7.90. The second-order valence-corrected chi connectivity index (χ2v) is 9.77. The van der Waals surface area contributed by atoms with Crippen LogP contribution in [0.2, 0.25) is 0 Å². The van der Waals surface area contributed by atoms with Crippen molar-refractivity contribution in [2.24, 2.45) is 0 Å². The molecule has 0 heterocycles. The number of carbonyl (C=O) groups is 1. The van der Waals surface area contributed by atoms with Crippen LogP contribution in [-0.4, -0.2) is 27.0 Å². The van der Waals surface area contributed by atoms with Crippen LogP contribution in [0.4, 0.5) is 11.4 Å². The summed E-state index contributed by atoms with van der Waals surface area (Å²) in [6.07, 6.45) is -0.00219. The normalized spacial score (nSPS) is 11.3. The standard InChI is InChI=1S/C25H28N2O4S/c1-18(2)31-23-7-5-6-21(16-23)26-25(28)17-27(22-12-8-19(3)9-13-22)32(29,30)24-14-10-20(4)11-15-24/h5-16,18H,17H2,1-4H3,(H,26,28). The summed E-state index contributed by atoms with van der Waals surface area (Å²) in [5.41, 5.74) is 2.90. The highest BCUT2D eigenvalue weighted by atomic mass is 32.2. The lowest BCUT2D eigenvalue weighted by Crippen LogP contribution is -2.38. The van der Waals surface area contributed by atoms with Crippen LogP contribution in [0, 0.1) is 13.8 Å². The van der Waals surface area contributed by atoms with E-state index >= 15 is 0 Å². The van der Waals surface area contributed by atoms with Crippen molar-refractivity contribution in [3.8, 4) is 5.75 Å². The van der Waals surface area contributed by atoms with Crippen LogP contribution in [0.15, 0.2) is 77.7 Å². The number of sulfonamides is 1. The Morgan fingerprint density at radius 1 is 0.938 bits per heavy atom. The van der Waals surface area contributed by atoms with Crippen molar-refractivity contribution in [3.63, 3.8) is 0 Å². The third-order valence-electron chi connectivity index (χ3n) is 4.71. The first-order valence-electron chi connectivity index (χ1n) is 10.4. The van der Waals surface area contributed by atoms with Gasteiger partial charge >= 0.3 is 0 Å². The molecule has 6 nitrogen and oxygen atoms in total. The first kappa shape index (κ1) is 23.3. The number of amides is 1. The van der Waals surface area contributed by atoms with Crippen molar-refractivity contribution < 1.29 is 17.9 Å². The molecule has 1 amide bonds. The number of nitrogens with one attached hydrogen (secondary N) is 1. The van der Waals surface area contributed by atoms with Gasteiger partial charge in [0.15, 0.2) is 0 Å². The molecule has 0 aromatic heterocycles. The lowest BCUT2D eigenvalue weighted by molar-refractivity contribution is -0.114. The van der Waals surface area contributed by atoms with Crippen molar-refractivity contribution in [1.82, 2.24) is 0 Å². The molecule has 0 atom stereocenters. The lowest BCUT2D eigenvalue weighted by atomic mass is 10.2. The summed E-state index contributed by atoms with van der Waals surface area (Å²) in [4.78, 5) is 13.0. The topological polar surface area (TPSA) is 75.7 Å². The molecule has 1 N–H and O–H groups in total. The van der Waals surface area contributed by atoms with Gasteiger partial charge in [0.25, 0.3) is 10.0 Å². The van der Waals surface area contributed by atoms with E-state index < -0.39 is 15.9 Å². The maximum absolute atomic E-state index is 13.4. The molecule has 0 spiro atoms. The zero-order valence-corrected chi connectivity index (χ0v) is 19.5. The minimum absolute atomic E-state index is 0.00219. The average molecular weight is 453 g/mol. The van der Waals surface area contributed by atoms with E-state index in [0.29, 0.717) is 17.1 Å². The first-order chi connectivity index (χ1) is 15.1. The number of carbonyl (C=O) groups excluding carboxylic acids is 1. The molecule has 0 aliphatic heterocycles. The summed E-state index contributed by atoms with van der Waals surface area (Å²) in [6.45, 7) is 7.27. The molecule has 0 unspecified atom stereocenters. The summed E-state index contributed by atoms with van der Waals surface area (Å²) < 4.78 is 33.6. The lowest BCUT2D eigenvalue weighted by Gasteiger charge is -2.24. The highest BCUT2D eigenvalue weighted by Crippen LogP contribution is 2.25. The van der Waals surface area contributed by atoms with E-state index in [1.165, 1.54) is 0 Å². The highest BCUT2D eigenvalue weighted by Gasteiger charge is 2.27. The van der Waals surface area contributed by atoms with E-state index in [-0.39, 0.29) is 17.5 Å². The fraction of sp³-hybridized carbons (Fsp3) is 0.240. The zero-order chi connectivity index (χ0) is 23.3. The largest absolute Gasteiger partial charge is 0.491 e. The molecule has 3 aromatic carbocycles. The van der Waals surface area contributed by atoms with Gasteiger partial charge in [-0.15, -0.1) is 0 Å². The van der Waals surface area contributed by atoms with Crippen LogP contribution < -0.4 is 14.4 Å². The third kappa shape index (κ3) is 5.88. The molecule has 32 heavy (non-hydrogen) atoms. The van der Waals surface area contributed by atoms with Gasteiger partial charge < -0.3 is 10.1 Å². The molecule has 0 fully saturated rings. The van der Waals surface area contributed by atoms with Crippen molar-refractivity contribution in [3.05, 3.63) is 83.9 Å². The van der Waals surface area contributed by atoms with Gasteiger partial charge in [0.05, 0.1) is 16.7 Å². The number of anilines is 2. The summed E-state index contributed by atoms with van der Waals surface area (Å²) in [7, 11) is -3.95. The van der Waals surface area contributed by atoms with E-state index in [1.54, 1.807) is 60.7 Å². The molecule has 7 heteroatoms. The maximum atomic E-state index is 13.4. The minimum atomic E-state index is -3.95. The van der Waals surface area contributed by atoms with Crippen LogP contribution >= 0.6 is 0 Å². The van der Waals surface area contributed by atoms with Gasteiger partial charge in [-0.05, 0) is 64.1 Å². The van der Waals surface area contributed by atoms with E-state index in [0.717, 1.165) is 15.4 Å². The van der Waals surface area contributed by atoms with Crippen molar-refractivity contribution in [2.75, 3.05) is 16.2 Å². The van der Waals surface area contributed by atoms with E-state index in [1.807, 2.05) is 39.8 Å². The van der Waals surface area contributed by atoms with Crippen molar-refractivity contribution in [1.29, 1.82) is 0 Å². The van der Waals surface area contributed by atoms with Gasteiger partial charge in [0, 0.05) is 11.8 Å². The van der Waals surface area contributed by atoms with Gasteiger partial charge in [-0.3, -0.25) is 9.10 Å². The Labute approximate surface area is 189 Å². The van der Waals surface area contributed by atoms with E-state index in [9.17, 15) is 13.2 Å². The first-order valence-corrected chi connectivity index (χ1v) is 11.8. The monoisotopic (exact) mass is 452 g/mol. The summed E-state index contributed by atoms with van der Waals surface area (Å²) >= 11 is 0. The molecule has 0 aliphatic carbocycles. The number of nitrogens with zero attached hydrogens (tertiary/aromatic N) is 1. The van der Waals surface area contributed by atoms with Gasteiger partial charge in [-0.1, -0.05) is 41.5 Å². The molecular weight excluding hydrogens is 424 g/mol. The smallest absolute Gasteiger partial charge is 0.264 e. The minimum Gasteiger partial charge on any atom is -0.491 e. The van der Waals surface area contributed by atoms with Crippen LogP contribution in [0.1, 0.15) is 25.0 Å². The van der Waals surface area contributed by atoms with Gasteiger partial charge in [-0.25, -0.2) is 8.42 Å². The fourth-order valence-corrected chi connectivity index (χ4v) is 4.53. The molecule has 0 saturated carbocycles. The Hall–Kier alpha value is -3.32. The fourth-order valence-electron chi connectivity index (χ4n) is 3.11. The molecule has 0 aliphatic rings. The number of hydrogen-bond acceptors (Lipinski definition) is 4. The Kier molecular flexibility index (Phi) is 7.20. The number of hydrogen-bond donors (Lipinski definition) is 1. The van der Waals surface area contributed by atoms with Crippen LogP contribution in [-0.2, 0) is 14.8 Å². The van der Waals surface area contributed by atoms with Gasteiger partial charge in [0.2, 0.25) is 5.91 Å². The van der Waals surface area contributed by atoms with Gasteiger partial charge in [-0.2, -0.15) is 0 Å². The highest BCUT2D eigenvalue weighted by molar-refractivity contribution is 7.92. The summed E-state index contributed by atoms with van der Waals surface area (Å²) in [5.74, 6) is 0.170. The maximum Gasteiger partial charge on any atom is 0.264 e. The molecule has 3 rings (SSSR count). The van der Waals surface area contributed by atoms with Gasteiger partial charge in [0.1, 0.15) is 12.3 Å². The Balaban J connectivity index is 1.88. The third-order valence-corrected chi connectivity index (χ3v) is 6.50.